The summed E-state index contributed by atoms with van der Waals surface area (Å²) in [5.74, 6) is -3.26. The molecular formula is C15H9ClF2N2O3S2. The van der Waals surface area contributed by atoms with Crippen molar-refractivity contribution in [2.45, 2.75) is 4.90 Å². The van der Waals surface area contributed by atoms with Crippen molar-refractivity contribution < 1.29 is 22.0 Å². The third-order valence-electron chi connectivity index (χ3n) is 3.24. The molecule has 0 unspecified atom stereocenters. The number of hydrazine groups is 1. The zero-order valence-electron chi connectivity index (χ0n) is 12.2. The van der Waals surface area contributed by atoms with Crippen LogP contribution in [0.15, 0.2) is 47.4 Å². The van der Waals surface area contributed by atoms with Crippen molar-refractivity contribution >= 4 is 49.0 Å². The maximum Gasteiger partial charge on any atom is 0.277 e. The van der Waals surface area contributed by atoms with Crippen LogP contribution in [0.1, 0.15) is 9.67 Å². The fourth-order valence-electron chi connectivity index (χ4n) is 2.03. The van der Waals surface area contributed by atoms with E-state index in [-0.39, 0.29) is 9.90 Å². The van der Waals surface area contributed by atoms with E-state index in [1.165, 1.54) is 0 Å². The van der Waals surface area contributed by atoms with E-state index in [1.54, 1.807) is 24.3 Å². The molecule has 1 amide bonds. The van der Waals surface area contributed by atoms with Crippen LogP contribution < -0.4 is 10.3 Å². The normalized spacial score (nSPS) is 11.6. The van der Waals surface area contributed by atoms with Gasteiger partial charge >= 0.3 is 0 Å². The van der Waals surface area contributed by atoms with Crippen LogP contribution in [0.25, 0.3) is 10.1 Å². The first kappa shape index (κ1) is 17.7. The van der Waals surface area contributed by atoms with Gasteiger partial charge in [0.15, 0.2) is 11.6 Å². The minimum absolute atomic E-state index is 0.121. The molecule has 0 fully saturated rings. The number of halogens is 3. The summed E-state index contributed by atoms with van der Waals surface area (Å²) in [6, 6.07) is 9.10. The van der Waals surface area contributed by atoms with E-state index in [0.29, 0.717) is 17.5 Å². The molecule has 0 aliphatic heterocycles. The predicted octanol–water partition coefficient (Wildman–Crippen LogP) is 3.46. The first-order valence-corrected chi connectivity index (χ1v) is 9.41. The lowest BCUT2D eigenvalue weighted by atomic mass is 10.2. The van der Waals surface area contributed by atoms with Gasteiger partial charge < -0.3 is 0 Å². The quantitative estimate of drug-likeness (QED) is 0.656. The van der Waals surface area contributed by atoms with Crippen LogP contribution in [0, 0.1) is 11.6 Å². The van der Waals surface area contributed by atoms with Gasteiger partial charge in [-0.2, -0.15) is 0 Å². The number of carbonyl (C=O) groups excluding carboxylic acids is 1. The molecule has 2 N–H and O–H groups in total. The molecule has 0 atom stereocenters. The monoisotopic (exact) mass is 402 g/mol. The number of carbonyl (C=O) groups is 1. The second-order valence-corrected chi connectivity index (χ2v) is 7.99. The van der Waals surface area contributed by atoms with Gasteiger partial charge in [0.05, 0.1) is 9.92 Å². The Morgan fingerprint density at radius 1 is 1.08 bits per heavy atom. The van der Waals surface area contributed by atoms with Crippen molar-refractivity contribution in [3.8, 4) is 0 Å². The Morgan fingerprint density at radius 3 is 2.48 bits per heavy atom. The summed E-state index contributed by atoms with van der Waals surface area (Å²) in [6.45, 7) is 0. The third kappa shape index (κ3) is 3.49. The summed E-state index contributed by atoms with van der Waals surface area (Å²) in [5.41, 5.74) is 2.01. The molecule has 0 saturated heterocycles. The van der Waals surface area contributed by atoms with Crippen LogP contribution >= 0.6 is 22.9 Å². The fourth-order valence-corrected chi connectivity index (χ4v) is 4.30. The zero-order valence-corrected chi connectivity index (χ0v) is 14.6. The van der Waals surface area contributed by atoms with E-state index in [9.17, 15) is 22.0 Å². The van der Waals surface area contributed by atoms with Crippen LogP contribution in [-0.4, -0.2) is 14.3 Å². The van der Waals surface area contributed by atoms with Crippen molar-refractivity contribution in [3.05, 3.63) is 64.0 Å². The van der Waals surface area contributed by atoms with Crippen molar-refractivity contribution in [2.75, 3.05) is 0 Å². The van der Waals surface area contributed by atoms with Gasteiger partial charge in [0.2, 0.25) is 0 Å². The maximum atomic E-state index is 13.2. The highest BCUT2D eigenvalue weighted by Crippen LogP contribution is 2.34. The number of benzene rings is 2. The van der Waals surface area contributed by atoms with Gasteiger partial charge in [-0.05, 0) is 24.3 Å². The average Bonchev–Trinajstić information content (AvgIpc) is 2.92. The Balaban J connectivity index is 1.81. The molecule has 0 aliphatic carbocycles. The molecule has 1 aromatic heterocycles. The molecule has 0 radical (unpaired) electrons. The van der Waals surface area contributed by atoms with Gasteiger partial charge in [-0.25, -0.2) is 17.2 Å². The lowest BCUT2D eigenvalue weighted by molar-refractivity contribution is 0.0949. The van der Waals surface area contributed by atoms with E-state index in [0.717, 1.165) is 22.1 Å². The van der Waals surface area contributed by atoms with Crippen LogP contribution in [-0.2, 0) is 10.0 Å². The maximum absolute atomic E-state index is 13.2. The summed E-state index contributed by atoms with van der Waals surface area (Å²) in [4.78, 5) is 13.6. The highest BCUT2D eigenvalue weighted by molar-refractivity contribution is 7.89. The molecule has 130 valence electrons. The van der Waals surface area contributed by atoms with Gasteiger partial charge in [-0.3, -0.25) is 10.2 Å². The smallest absolute Gasteiger partial charge is 0.273 e. The topological polar surface area (TPSA) is 75.3 Å². The van der Waals surface area contributed by atoms with Gasteiger partial charge in [-0.1, -0.05) is 29.8 Å². The third-order valence-corrected chi connectivity index (χ3v) is 6.16. The second kappa shape index (κ2) is 6.68. The molecule has 0 bridgehead atoms. The summed E-state index contributed by atoms with van der Waals surface area (Å²) in [5, 5.41) is 0.868. The van der Waals surface area contributed by atoms with Crippen molar-refractivity contribution in [3.63, 3.8) is 0 Å². The molecule has 2 aromatic carbocycles. The molecule has 10 heteroatoms. The Hall–Kier alpha value is -2.07. The fraction of sp³-hybridized carbons (Fsp3) is 0. The first-order chi connectivity index (χ1) is 11.8. The summed E-state index contributed by atoms with van der Waals surface area (Å²) in [6.07, 6.45) is 0. The number of sulfonamides is 1. The van der Waals surface area contributed by atoms with E-state index in [1.807, 2.05) is 10.3 Å². The molecule has 3 rings (SSSR count). The summed E-state index contributed by atoms with van der Waals surface area (Å²) >= 11 is 7.23. The second-order valence-electron chi connectivity index (χ2n) is 4.88. The number of thiophene rings is 1. The van der Waals surface area contributed by atoms with Crippen molar-refractivity contribution in [1.82, 2.24) is 10.3 Å². The summed E-state index contributed by atoms with van der Waals surface area (Å²) in [7, 11) is -4.27. The van der Waals surface area contributed by atoms with Crippen LogP contribution in [0.5, 0.6) is 0 Å². The number of amides is 1. The van der Waals surface area contributed by atoms with Gasteiger partial charge in [-0.15, -0.1) is 16.2 Å². The summed E-state index contributed by atoms with van der Waals surface area (Å²) < 4.78 is 50.9. The van der Waals surface area contributed by atoms with E-state index >= 15 is 0 Å². The van der Waals surface area contributed by atoms with E-state index < -0.39 is 32.5 Å². The molecule has 0 saturated carbocycles. The van der Waals surface area contributed by atoms with Crippen molar-refractivity contribution in [2.24, 2.45) is 0 Å². The lowest BCUT2D eigenvalue weighted by Gasteiger charge is -2.08. The molecule has 3 aromatic rings. The largest absolute Gasteiger partial charge is 0.277 e. The number of nitrogens with one attached hydrogen (secondary N) is 2. The molecule has 0 spiro atoms. The SMILES string of the molecule is O=C(NNS(=O)(=O)c1ccc(F)c(F)c1)c1sc2ccccc2c1Cl. The molecular weight excluding hydrogens is 394 g/mol. The average molecular weight is 403 g/mol. The lowest BCUT2D eigenvalue weighted by Crippen LogP contribution is -2.41. The molecule has 0 aliphatic rings. The Labute approximate surface area is 150 Å². The zero-order chi connectivity index (χ0) is 18.2. The Bertz CT molecular complexity index is 1080. The van der Waals surface area contributed by atoms with E-state index in [2.05, 4.69) is 0 Å². The van der Waals surface area contributed by atoms with Crippen molar-refractivity contribution in [1.29, 1.82) is 0 Å². The molecule has 5 nitrogen and oxygen atoms in total. The van der Waals surface area contributed by atoms with E-state index in [4.69, 9.17) is 11.6 Å². The highest BCUT2D eigenvalue weighted by Gasteiger charge is 2.21. The Kier molecular flexibility index (Phi) is 4.74. The minimum atomic E-state index is -4.27. The highest BCUT2D eigenvalue weighted by atomic mass is 35.5. The number of fused-ring (bicyclic) bond motifs is 1. The first-order valence-electron chi connectivity index (χ1n) is 6.74. The number of hydrogen-bond acceptors (Lipinski definition) is 4. The molecule has 25 heavy (non-hydrogen) atoms. The van der Waals surface area contributed by atoms with Crippen LogP contribution in [0.3, 0.4) is 0 Å². The minimum Gasteiger partial charge on any atom is -0.273 e. The standard InChI is InChI=1S/C15H9ClF2N2O3S2/c16-13-9-3-1-2-4-12(9)24-14(13)15(21)19-20-25(22,23)8-5-6-10(17)11(18)7-8/h1-7,20H,(H,19,21). The number of rotatable bonds is 4. The van der Waals surface area contributed by atoms with Gasteiger partial charge in [0.25, 0.3) is 15.9 Å². The number of hydrogen-bond donors (Lipinski definition) is 2. The Morgan fingerprint density at radius 2 is 1.80 bits per heavy atom. The molecule has 1 heterocycles. The predicted molar refractivity (Wildman–Crippen MR) is 91.0 cm³/mol. The van der Waals surface area contributed by atoms with Gasteiger partial charge in [0.1, 0.15) is 4.88 Å². The van der Waals surface area contributed by atoms with Crippen LogP contribution in [0.2, 0.25) is 5.02 Å². The van der Waals surface area contributed by atoms with Gasteiger partial charge in [0, 0.05) is 10.1 Å². The van der Waals surface area contributed by atoms with Crippen LogP contribution in [0.4, 0.5) is 8.78 Å².